The Balaban J connectivity index is 1.75. The minimum atomic E-state index is -0.201. The molecule has 6 heteroatoms. The van der Waals surface area contributed by atoms with Crippen LogP contribution >= 0.6 is 11.8 Å². The summed E-state index contributed by atoms with van der Waals surface area (Å²) in [6.07, 6.45) is 0. The van der Waals surface area contributed by atoms with Crippen LogP contribution < -0.4 is 5.56 Å². The Bertz CT molecular complexity index is 1050. The molecule has 0 aliphatic carbocycles. The molecule has 0 amide bonds. The molecule has 0 saturated carbocycles. The molecule has 24 heavy (non-hydrogen) atoms. The number of aromatic amines is 1. The van der Waals surface area contributed by atoms with Crippen LogP contribution in [0.4, 0.5) is 0 Å². The van der Waals surface area contributed by atoms with Gasteiger partial charge >= 0.3 is 5.56 Å². The predicted octanol–water partition coefficient (Wildman–Crippen LogP) is 3.54. The zero-order valence-electron chi connectivity index (χ0n) is 12.9. The van der Waals surface area contributed by atoms with Gasteiger partial charge in [0, 0.05) is 11.0 Å². The van der Waals surface area contributed by atoms with E-state index in [4.69, 9.17) is 0 Å². The SMILES string of the molecule is Cc1ccc(Sc2nnc3cc(-c4ccccc4)[nH]n3c2=O)cc1. The maximum Gasteiger partial charge on any atom is 0.305 e. The van der Waals surface area contributed by atoms with Crippen LogP contribution in [-0.2, 0) is 0 Å². The molecule has 0 bridgehead atoms. The Morgan fingerprint density at radius 3 is 2.50 bits per heavy atom. The molecule has 118 valence electrons. The Kier molecular flexibility index (Phi) is 3.66. The number of fused-ring (bicyclic) bond motifs is 1. The van der Waals surface area contributed by atoms with Gasteiger partial charge in [-0.2, -0.15) is 4.52 Å². The van der Waals surface area contributed by atoms with E-state index in [0.29, 0.717) is 10.7 Å². The second-order valence-electron chi connectivity index (χ2n) is 5.45. The van der Waals surface area contributed by atoms with Gasteiger partial charge in [0.15, 0.2) is 10.7 Å². The van der Waals surface area contributed by atoms with Crippen molar-refractivity contribution < 1.29 is 0 Å². The van der Waals surface area contributed by atoms with Crippen molar-refractivity contribution in [1.82, 2.24) is 19.8 Å². The fourth-order valence-electron chi connectivity index (χ4n) is 2.41. The third kappa shape index (κ3) is 2.72. The lowest BCUT2D eigenvalue weighted by atomic mass is 10.2. The van der Waals surface area contributed by atoms with E-state index < -0.39 is 0 Å². The first-order chi connectivity index (χ1) is 11.7. The van der Waals surface area contributed by atoms with Crippen LogP contribution in [0.25, 0.3) is 16.9 Å². The number of rotatable bonds is 3. The molecule has 1 N–H and O–H groups in total. The van der Waals surface area contributed by atoms with E-state index in [0.717, 1.165) is 16.2 Å². The zero-order valence-corrected chi connectivity index (χ0v) is 13.7. The van der Waals surface area contributed by atoms with E-state index in [1.54, 1.807) is 0 Å². The van der Waals surface area contributed by atoms with Crippen molar-refractivity contribution in [2.24, 2.45) is 0 Å². The number of hydrogen-bond acceptors (Lipinski definition) is 4. The summed E-state index contributed by atoms with van der Waals surface area (Å²) in [5.41, 5.74) is 3.31. The van der Waals surface area contributed by atoms with Gasteiger partial charge in [0.2, 0.25) is 0 Å². The fourth-order valence-corrected chi connectivity index (χ4v) is 3.17. The van der Waals surface area contributed by atoms with Gasteiger partial charge in [-0.25, -0.2) is 0 Å². The van der Waals surface area contributed by atoms with Gasteiger partial charge in [0.25, 0.3) is 0 Å². The van der Waals surface area contributed by atoms with Crippen molar-refractivity contribution in [3.05, 3.63) is 76.6 Å². The van der Waals surface area contributed by atoms with Crippen LogP contribution in [0.5, 0.6) is 0 Å². The molecule has 0 unspecified atom stereocenters. The summed E-state index contributed by atoms with van der Waals surface area (Å²) in [5, 5.41) is 11.7. The highest BCUT2D eigenvalue weighted by atomic mass is 32.2. The minimum absolute atomic E-state index is 0.201. The van der Waals surface area contributed by atoms with Crippen molar-refractivity contribution in [2.45, 2.75) is 16.8 Å². The lowest BCUT2D eigenvalue weighted by Gasteiger charge is -2.00. The van der Waals surface area contributed by atoms with E-state index in [2.05, 4.69) is 15.3 Å². The summed E-state index contributed by atoms with van der Waals surface area (Å²) in [4.78, 5) is 13.6. The molecule has 0 aliphatic heterocycles. The number of benzene rings is 2. The molecule has 0 aliphatic rings. The third-order valence-electron chi connectivity index (χ3n) is 3.68. The summed E-state index contributed by atoms with van der Waals surface area (Å²) in [6, 6.07) is 19.6. The molecule has 2 aromatic carbocycles. The summed E-state index contributed by atoms with van der Waals surface area (Å²) in [5.74, 6) is 0. The number of nitrogens with zero attached hydrogens (tertiary/aromatic N) is 3. The van der Waals surface area contributed by atoms with Gasteiger partial charge in [-0.05, 0) is 24.6 Å². The topological polar surface area (TPSA) is 63.1 Å². The second kappa shape index (κ2) is 5.98. The molecule has 4 rings (SSSR count). The Morgan fingerprint density at radius 1 is 1.00 bits per heavy atom. The van der Waals surface area contributed by atoms with E-state index in [1.165, 1.54) is 21.8 Å². The van der Waals surface area contributed by atoms with Crippen LogP contribution in [0.3, 0.4) is 0 Å². The van der Waals surface area contributed by atoms with Gasteiger partial charge in [-0.15, -0.1) is 10.2 Å². The van der Waals surface area contributed by atoms with E-state index >= 15 is 0 Å². The first-order valence-corrected chi connectivity index (χ1v) is 8.31. The summed E-state index contributed by atoms with van der Waals surface area (Å²) in [7, 11) is 0. The van der Waals surface area contributed by atoms with Gasteiger partial charge in [-0.1, -0.05) is 59.8 Å². The number of H-pyrrole nitrogens is 1. The predicted molar refractivity (Wildman–Crippen MR) is 94.3 cm³/mol. The van der Waals surface area contributed by atoms with Gasteiger partial charge in [0.1, 0.15) is 0 Å². The smallest absolute Gasteiger partial charge is 0.289 e. The normalized spacial score (nSPS) is 11.0. The highest BCUT2D eigenvalue weighted by Gasteiger charge is 2.12. The Labute approximate surface area is 142 Å². The maximum atomic E-state index is 12.7. The van der Waals surface area contributed by atoms with Crippen LogP contribution in [-0.4, -0.2) is 19.8 Å². The van der Waals surface area contributed by atoms with Crippen LogP contribution in [0.1, 0.15) is 5.56 Å². The summed E-state index contributed by atoms with van der Waals surface area (Å²) in [6.45, 7) is 2.03. The van der Waals surface area contributed by atoms with Crippen molar-refractivity contribution in [2.75, 3.05) is 0 Å². The highest BCUT2D eigenvalue weighted by molar-refractivity contribution is 7.99. The van der Waals surface area contributed by atoms with Gasteiger partial charge in [0.05, 0.1) is 5.69 Å². The molecule has 0 radical (unpaired) electrons. The zero-order chi connectivity index (χ0) is 16.5. The highest BCUT2D eigenvalue weighted by Crippen LogP contribution is 2.24. The number of aromatic nitrogens is 4. The van der Waals surface area contributed by atoms with Crippen molar-refractivity contribution in [3.8, 4) is 11.3 Å². The van der Waals surface area contributed by atoms with Crippen molar-refractivity contribution in [3.63, 3.8) is 0 Å². The number of aryl methyl sites for hydroxylation is 1. The van der Waals surface area contributed by atoms with Crippen molar-refractivity contribution >= 4 is 17.4 Å². The maximum absolute atomic E-state index is 12.7. The lowest BCUT2D eigenvalue weighted by molar-refractivity contribution is 0.789. The molecule has 5 nitrogen and oxygen atoms in total. The molecule has 2 aromatic heterocycles. The first-order valence-electron chi connectivity index (χ1n) is 7.49. The van der Waals surface area contributed by atoms with Crippen LogP contribution in [0, 0.1) is 6.92 Å². The molecule has 0 atom stereocenters. The monoisotopic (exact) mass is 334 g/mol. The second-order valence-corrected chi connectivity index (χ2v) is 6.52. The molecule has 2 heterocycles. The fraction of sp³-hybridized carbons (Fsp3) is 0.0556. The molecule has 0 fully saturated rings. The number of nitrogens with one attached hydrogen (secondary N) is 1. The van der Waals surface area contributed by atoms with E-state index in [1.807, 2.05) is 67.6 Å². The molecular formula is C18H14N4OS. The minimum Gasteiger partial charge on any atom is -0.289 e. The van der Waals surface area contributed by atoms with Crippen molar-refractivity contribution in [1.29, 1.82) is 0 Å². The summed E-state index contributed by atoms with van der Waals surface area (Å²) < 4.78 is 1.44. The van der Waals surface area contributed by atoms with Gasteiger partial charge in [-0.3, -0.25) is 9.89 Å². The van der Waals surface area contributed by atoms with Crippen LogP contribution in [0.2, 0.25) is 0 Å². The van der Waals surface area contributed by atoms with Crippen LogP contribution in [0.15, 0.2) is 75.4 Å². The first kappa shape index (κ1) is 14.7. The van der Waals surface area contributed by atoms with E-state index in [9.17, 15) is 4.79 Å². The average Bonchev–Trinajstić information content (AvgIpc) is 3.05. The average molecular weight is 334 g/mol. The standard InChI is InChI=1S/C18H14N4OS/c1-12-7-9-14(10-8-12)24-17-18(23)22-16(19-20-17)11-15(21-22)13-5-3-2-4-6-13/h2-11,21H,1H3. The number of hydrogen-bond donors (Lipinski definition) is 1. The molecule has 0 saturated heterocycles. The molecular weight excluding hydrogens is 320 g/mol. The van der Waals surface area contributed by atoms with Gasteiger partial charge < -0.3 is 0 Å². The Hall–Kier alpha value is -2.86. The lowest BCUT2D eigenvalue weighted by Crippen LogP contribution is -2.18. The third-order valence-corrected chi connectivity index (χ3v) is 4.64. The molecule has 0 spiro atoms. The largest absolute Gasteiger partial charge is 0.305 e. The summed E-state index contributed by atoms with van der Waals surface area (Å²) >= 11 is 1.32. The molecule has 4 aromatic rings. The quantitative estimate of drug-likeness (QED) is 0.622. The van der Waals surface area contributed by atoms with E-state index in [-0.39, 0.29) is 5.56 Å². The Morgan fingerprint density at radius 2 is 1.75 bits per heavy atom.